The summed E-state index contributed by atoms with van der Waals surface area (Å²) in [5.74, 6) is 0.617. The van der Waals surface area contributed by atoms with E-state index in [-0.39, 0.29) is 19.8 Å². The third kappa shape index (κ3) is 4.79. The highest BCUT2D eigenvalue weighted by Crippen LogP contribution is 2.19. The van der Waals surface area contributed by atoms with Gasteiger partial charge >= 0.3 is 0 Å². The van der Waals surface area contributed by atoms with E-state index < -0.39 is 6.10 Å². The van der Waals surface area contributed by atoms with E-state index in [0.29, 0.717) is 11.4 Å². The minimum absolute atomic E-state index is 0.0496. The first-order valence-electron chi connectivity index (χ1n) is 7.88. The largest absolute Gasteiger partial charge is 0.491 e. The number of aromatic nitrogens is 2. The number of ether oxygens (including phenoxy) is 1. The van der Waals surface area contributed by atoms with Crippen LogP contribution in [0.2, 0.25) is 0 Å². The maximum absolute atomic E-state index is 9.30. The molecule has 0 saturated heterocycles. The SMILES string of the molecule is CCCCc1cc(CO)nn1-c1ccc(OCC(O)CO)cc1. The van der Waals surface area contributed by atoms with E-state index in [1.807, 2.05) is 22.9 Å². The Morgan fingerprint density at radius 1 is 1.22 bits per heavy atom. The van der Waals surface area contributed by atoms with Crippen molar-refractivity contribution >= 4 is 0 Å². The molecule has 0 amide bonds. The molecule has 0 aliphatic carbocycles. The van der Waals surface area contributed by atoms with Gasteiger partial charge in [0.25, 0.3) is 0 Å². The highest BCUT2D eigenvalue weighted by atomic mass is 16.5. The van der Waals surface area contributed by atoms with Crippen molar-refractivity contribution in [2.45, 2.75) is 38.9 Å². The molecule has 126 valence electrons. The van der Waals surface area contributed by atoms with Crippen molar-refractivity contribution in [1.29, 1.82) is 0 Å². The number of aryl methyl sites for hydroxylation is 1. The first-order valence-corrected chi connectivity index (χ1v) is 7.88. The molecule has 1 aromatic carbocycles. The van der Waals surface area contributed by atoms with Crippen molar-refractivity contribution in [3.05, 3.63) is 41.7 Å². The third-order valence-corrected chi connectivity index (χ3v) is 3.52. The lowest BCUT2D eigenvalue weighted by atomic mass is 10.2. The average molecular weight is 320 g/mol. The summed E-state index contributed by atoms with van der Waals surface area (Å²) in [6.07, 6.45) is 2.19. The smallest absolute Gasteiger partial charge is 0.119 e. The number of rotatable bonds is 9. The molecular formula is C17H24N2O4. The van der Waals surface area contributed by atoms with Crippen LogP contribution in [0.1, 0.15) is 31.2 Å². The average Bonchev–Trinajstić information content (AvgIpc) is 3.01. The van der Waals surface area contributed by atoms with E-state index >= 15 is 0 Å². The Morgan fingerprint density at radius 2 is 1.96 bits per heavy atom. The molecule has 2 rings (SSSR count). The summed E-state index contributed by atoms with van der Waals surface area (Å²) in [5.41, 5.74) is 2.62. The topological polar surface area (TPSA) is 87.7 Å². The Labute approximate surface area is 136 Å². The monoisotopic (exact) mass is 320 g/mol. The summed E-state index contributed by atoms with van der Waals surface area (Å²) >= 11 is 0. The second kappa shape index (κ2) is 8.67. The summed E-state index contributed by atoms with van der Waals surface area (Å²) in [6, 6.07) is 9.28. The standard InChI is InChI=1S/C17H24N2O4/c1-2-3-4-15-9-13(10-20)18-19(15)14-5-7-17(8-6-14)23-12-16(22)11-21/h5-9,16,20-22H,2-4,10-12H2,1H3. The van der Waals surface area contributed by atoms with Crippen LogP contribution < -0.4 is 4.74 Å². The highest BCUT2D eigenvalue weighted by molar-refractivity contribution is 5.38. The summed E-state index contributed by atoms with van der Waals surface area (Å²) < 4.78 is 7.23. The highest BCUT2D eigenvalue weighted by Gasteiger charge is 2.09. The van der Waals surface area contributed by atoms with E-state index in [1.165, 1.54) is 0 Å². The molecule has 1 atom stereocenters. The van der Waals surface area contributed by atoms with E-state index in [4.69, 9.17) is 9.84 Å². The van der Waals surface area contributed by atoms with Gasteiger partial charge in [0.1, 0.15) is 18.5 Å². The Bertz CT molecular complexity index is 595. The van der Waals surface area contributed by atoms with Gasteiger partial charge in [0.05, 0.1) is 24.6 Å². The molecule has 0 radical (unpaired) electrons. The lowest BCUT2D eigenvalue weighted by Crippen LogP contribution is -2.21. The fourth-order valence-electron chi connectivity index (χ4n) is 2.24. The number of nitrogens with zero attached hydrogens (tertiary/aromatic N) is 2. The van der Waals surface area contributed by atoms with Gasteiger partial charge in [-0.25, -0.2) is 4.68 Å². The maximum atomic E-state index is 9.30. The number of aliphatic hydroxyl groups is 3. The molecule has 1 heterocycles. The summed E-state index contributed by atoms with van der Waals surface area (Å²) in [7, 11) is 0. The second-order valence-electron chi connectivity index (χ2n) is 5.44. The number of benzene rings is 1. The van der Waals surface area contributed by atoms with Gasteiger partial charge in [0.2, 0.25) is 0 Å². The summed E-state index contributed by atoms with van der Waals surface area (Å²) in [4.78, 5) is 0. The van der Waals surface area contributed by atoms with Crippen LogP contribution in [0.15, 0.2) is 30.3 Å². The molecule has 0 spiro atoms. The lowest BCUT2D eigenvalue weighted by Gasteiger charge is -2.11. The molecule has 0 saturated carbocycles. The number of hydrogen-bond acceptors (Lipinski definition) is 5. The van der Waals surface area contributed by atoms with Crippen molar-refractivity contribution in [3.63, 3.8) is 0 Å². The van der Waals surface area contributed by atoms with Crippen molar-refractivity contribution in [1.82, 2.24) is 9.78 Å². The zero-order chi connectivity index (χ0) is 16.7. The van der Waals surface area contributed by atoms with Gasteiger partial charge in [0, 0.05) is 5.69 Å². The zero-order valence-electron chi connectivity index (χ0n) is 13.4. The van der Waals surface area contributed by atoms with Crippen molar-refractivity contribution in [3.8, 4) is 11.4 Å². The van der Waals surface area contributed by atoms with Crippen LogP contribution in [0.4, 0.5) is 0 Å². The molecule has 6 heteroatoms. The van der Waals surface area contributed by atoms with E-state index in [0.717, 1.165) is 30.6 Å². The molecule has 23 heavy (non-hydrogen) atoms. The number of aliphatic hydroxyl groups excluding tert-OH is 3. The van der Waals surface area contributed by atoms with Crippen molar-refractivity contribution in [2.24, 2.45) is 0 Å². The van der Waals surface area contributed by atoms with Gasteiger partial charge in [-0.3, -0.25) is 0 Å². The number of hydrogen-bond donors (Lipinski definition) is 3. The van der Waals surface area contributed by atoms with E-state index in [1.54, 1.807) is 12.1 Å². The van der Waals surface area contributed by atoms with Crippen LogP contribution in [0.3, 0.4) is 0 Å². The van der Waals surface area contributed by atoms with Crippen LogP contribution in [0.25, 0.3) is 5.69 Å². The molecule has 1 unspecified atom stereocenters. The first-order chi connectivity index (χ1) is 11.2. The normalized spacial score (nSPS) is 12.3. The molecule has 1 aromatic heterocycles. The molecular weight excluding hydrogens is 296 g/mol. The van der Waals surface area contributed by atoms with Crippen LogP contribution >= 0.6 is 0 Å². The van der Waals surface area contributed by atoms with Gasteiger partial charge < -0.3 is 20.1 Å². The fourth-order valence-corrected chi connectivity index (χ4v) is 2.24. The first kappa shape index (κ1) is 17.5. The predicted octanol–water partition coefficient (Wildman–Crippen LogP) is 1.44. The molecule has 0 fully saturated rings. The van der Waals surface area contributed by atoms with Crippen LogP contribution in [-0.2, 0) is 13.0 Å². The Hall–Kier alpha value is -1.89. The predicted molar refractivity (Wildman–Crippen MR) is 86.7 cm³/mol. The number of unbranched alkanes of at least 4 members (excludes halogenated alkanes) is 1. The van der Waals surface area contributed by atoms with Crippen molar-refractivity contribution < 1.29 is 20.1 Å². The molecule has 0 aliphatic heterocycles. The quantitative estimate of drug-likeness (QED) is 0.651. The Morgan fingerprint density at radius 3 is 2.57 bits per heavy atom. The van der Waals surface area contributed by atoms with Gasteiger partial charge in [-0.05, 0) is 43.2 Å². The molecule has 0 bridgehead atoms. The maximum Gasteiger partial charge on any atom is 0.119 e. The van der Waals surface area contributed by atoms with E-state index in [2.05, 4.69) is 12.0 Å². The van der Waals surface area contributed by atoms with Gasteiger partial charge in [0.15, 0.2) is 0 Å². The lowest BCUT2D eigenvalue weighted by molar-refractivity contribution is 0.0536. The fraction of sp³-hybridized carbons (Fsp3) is 0.471. The molecule has 3 N–H and O–H groups in total. The van der Waals surface area contributed by atoms with Crippen LogP contribution in [0, 0.1) is 0 Å². The summed E-state index contributed by atoms with van der Waals surface area (Å²) in [6.45, 7) is 1.79. The van der Waals surface area contributed by atoms with Crippen LogP contribution in [0.5, 0.6) is 5.75 Å². The zero-order valence-corrected chi connectivity index (χ0v) is 13.4. The Kier molecular flexibility index (Phi) is 6.58. The minimum atomic E-state index is -0.881. The summed E-state index contributed by atoms with van der Waals surface area (Å²) in [5, 5.41) is 31.8. The van der Waals surface area contributed by atoms with Crippen molar-refractivity contribution in [2.75, 3.05) is 13.2 Å². The molecule has 2 aromatic rings. The Balaban J connectivity index is 2.13. The minimum Gasteiger partial charge on any atom is -0.491 e. The molecule has 0 aliphatic rings. The van der Waals surface area contributed by atoms with Gasteiger partial charge in [-0.2, -0.15) is 5.10 Å². The van der Waals surface area contributed by atoms with Gasteiger partial charge in [-0.1, -0.05) is 13.3 Å². The van der Waals surface area contributed by atoms with E-state index in [9.17, 15) is 10.2 Å². The van der Waals surface area contributed by atoms with Crippen LogP contribution in [-0.4, -0.2) is 44.4 Å². The van der Waals surface area contributed by atoms with Gasteiger partial charge in [-0.15, -0.1) is 0 Å². The molecule has 6 nitrogen and oxygen atoms in total. The third-order valence-electron chi connectivity index (χ3n) is 3.52. The second-order valence-corrected chi connectivity index (χ2v) is 5.44.